The van der Waals surface area contributed by atoms with E-state index in [0.29, 0.717) is 11.5 Å². The summed E-state index contributed by atoms with van der Waals surface area (Å²) in [7, 11) is 0. The molecule has 2 aromatic rings. The topological polar surface area (TPSA) is 61.6 Å². The zero-order chi connectivity index (χ0) is 17.2. The van der Waals surface area contributed by atoms with Gasteiger partial charge in [0, 0.05) is 0 Å². The van der Waals surface area contributed by atoms with E-state index >= 15 is 0 Å². The van der Waals surface area contributed by atoms with Crippen LogP contribution in [-0.4, -0.2) is 9.97 Å². The second-order valence-corrected chi connectivity index (χ2v) is 4.49. The Morgan fingerprint density at radius 2 is 1.83 bits per heavy atom. The second-order valence-electron chi connectivity index (χ2n) is 4.49. The molecule has 122 valence electrons. The maximum atomic E-state index is 13.1. The van der Waals surface area contributed by atoms with Gasteiger partial charge in [-0.1, -0.05) is 33.8 Å². The van der Waals surface area contributed by atoms with Crippen LogP contribution in [0.15, 0.2) is 30.6 Å². The highest BCUT2D eigenvalue weighted by atomic mass is 19.1. The zero-order valence-electron chi connectivity index (χ0n) is 14.1. The van der Waals surface area contributed by atoms with Gasteiger partial charge in [0.15, 0.2) is 0 Å². The van der Waals surface area contributed by atoms with Crippen LogP contribution in [0, 0.1) is 17.1 Å². The molecule has 0 fully saturated rings. The summed E-state index contributed by atoms with van der Waals surface area (Å²) in [6, 6.07) is 6.93. The number of aromatic nitrogens is 2. The van der Waals surface area contributed by atoms with E-state index in [4.69, 9.17) is 5.26 Å². The highest BCUT2D eigenvalue weighted by Gasteiger charge is 2.23. The monoisotopic (exact) mass is 314 g/mol. The van der Waals surface area contributed by atoms with Crippen LogP contribution in [0.5, 0.6) is 0 Å². The molecule has 0 saturated heterocycles. The molecule has 1 heterocycles. The number of benzene rings is 1. The van der Waals surface area contributed by atoms with Crippen molar-refractivity contribution in [2.75, 3.05) is 5.32 Å². The molecule has 0 bridgehead atoms. The number of halogens is 1. The fourth-order valence-corrected chi connectivity index (χ4v) is 2.35. The van der Waals surface area contributed by atoms with Gasteiger partial charge in [0.25, 0.3) is 0 Å². The summed E-state index contributed by atoms with van der Waals surface area (Å²) in [6.45, 7) is 8.00. The molecule has 1 aliphatic carbocycles. The first kappa shape index (κ1) is 18.6. The summed E-state index contributed by atoms with van der Waals surface area (Å²) in [5.41, 5.74) is 2.56. The lowest BCUT2D eigenvalue weighted by Gasteiger charge is -2.13. The Balaban J connectivity index is 0.000000615. The van der Waals surface area contributed by atoms with E-state index in [1.54, 1.807) is 12.1 Å². The SMILES string of the molecule is CC.CC.N#Cc1cnc(NC2CCc3cc(F)ccc32)nc1. The van der Waals surface area contributed by atoms with Gasteiger partial charge in [0.05, 0.1) is 24.0 Å². The normalized spacial score (nSPS) is 14.3. The number of nitriles is 1. The van der Waals surface area contributed by atoms with E-state index in [1.807, 2.05) is 33.8 Å². The van der Waals surface area contributed by atoms with Crippen LogP contribution in [0.4, 0.5) is 10.3 Å². The Hall–Kier alpha value is -2.48. The molecule has 23 heavy (non-hydrogen) atoms. The minimum atomic E-state index is -0.200. The third-order valence-electron chi connectivity index (χ3n) is 3.27. The maximum Gasteiger partial charge on any atom is 0.223 e. The van der Waals surface area contributed by atoms with Crippen molar-refractivity contribution in [1.82, 2.24) is 9.97 Å². The number of aryl methyl sites for hydroxylation is 1. The lowest BCUT2D eigenvalue weighted by Crippen LogP contribution is -2.09. The van der Waals surface area contributed by atoms with Gasteiger partial charge in [-0.2, -0.15) is 5.26 Å². The smallest absolute Gasteiger partial charge is 0.223 e. The summed E-state index contributed by atoms with van der Waals surface area (Å²) in [6.07, 6.45) is 4.70. The van der Waals surface area contributed by atoms with E-state index in [9.17, 15) is 4.39 Å². The van der Waals surface area contributed by atoms with Crippen molar-refractivity contribution >= 4 is 5.95 Å². The highest BCUT2D eigenvalue weighted by molar-refractivity contribution is 5.41. The van der Waals surface area contributed by atoms with Crippen LogP contribution in [0.1, 0.15) is 56.8 Å². The van der Waals surface area contributed by atoms with E-state index in [2.05, 4.69) is 15.3 Å². The molecule has 1 N–H and O–H groups in total. The number of fused-ring (bicyclic) bond motifs is 1. The quantitative estimate of drug-likeness (QED) is 0.877. The first-order valence-electron chi connectivity index (χ1n) is 8.03. The van der Waals surface area contributed by atoms with Gasteiger partial charge < -0.3 is 5.32 Å². The lowest BCUT2D eigenvalue weighted by molar-refractivity contribution is 0.626. The fourth-order valence-electron chi connectivity index (χ4n) is 2.35. The number of nitrogens with one attached hydrogen (secondary N) is 1. The Morgan fingerprint density at radius 3 is 2.43 bits per heavy atom. The van der Waals surface area contributed by atoms with Gasteiger partial charge in [-0.15, -0.1) is 0 Å². The summed E-state index contributed by atoms with van der Waals surface area (Å²) in [5.74, 6) is 0.287. The van der Waals surface area contributed by atoms with Crippen molar-refractivity contribution in [3.63, 3.8) is 0 Å². The number of rotatable bonds is 2. The van der Waals surface area contributed by atoms with E-state index < -0.39 is 0 Å². The van der Waals surface area contributed by atoms with Crippen LogP contribution in [0.3, 0.4) is 0 Å². The van der Waals surface area contributed by atoms with Crippen molar-refractivity contribution in [3.8, 4) is 6.07 Å². The van der Waals surface area contributed by atoms with Crippen LogP contribution in [-0.2, 0) is 6.42 Å². The molecule has 0 amide bonds. The van der Waals surface area contributed by atoms with Crippen LogP contribution in [0.25, 0.3) is 0 Å². The fraction of sp³-hybridized carbons (Fsp3) is 0.389. The first-order chi connectivity index (χ1) is 11.3. The molecule has 1 unspecified atom stereocenters. The van der Waals surface area contributed by atoms with Crippen molar-refractivity contribution in [3.05, 3.63) is 53.1 Å². The van der Waals surface area contributed by atoms with Crippen molar-refractivity contribution < 1.29 is 4.39 Å². The van der Waals surface area contributed by atoms with Gasteiger partial charge in [0.1, 0.15) is 11.9 Å². The molecule has 0 spiro atoms. The van der Waals surface area contributed by atoms with E-state index in [-0.39, 0.29) is 11.9 Å². The average Bonchev–Trinajstić information content (AvgIpc) is 3.01. The standard InChI is InChI=1S/C14H11FN4.2C2H6/c15-11-2-3-12-10(5-11)1-4-13(12)19-14-17-7-9(6-16)8-18-14;2*1-2/h2-3,5,7-8,13H,1,4H2,(H,17,18,19);2*1-2H3. The predicted octanol–water partition coefficient (Wildman–Crippen LogP) is 4.64. The maximum absolute atomic E-state index is 13.1. The molecule has 0 aliphatic heterocycles. The van der Waals surface area contributed by atoms with Gasteiger partial charge >= 0.3 is 0 Å². The molecule has 1 aromatic carbocycles. The molecule has 1 aliphatic rings. The van der Waals surface area contributed by atoms with Gasteiger partial charge in [-0.25, -0.2) is 14.4 Å². The molecule has 1 aromatic heterocycles. The minimum absolute atomic E-state index is 0.100. The molecule has 0 saturated carbocycles. The third-order valence-corrected chi connectivity index (χ3v) is 3.27. The van der Waals surface area contributed by atoms with E-state index in [0.717, 1.165) is 24.0 Å². The Bertz CT molecular complexity index is 647. The molecular weight excluding hydrogens is 291 g/mol. The molecular formula is C18H23FN4. The summed E-state index contributed by atoms with van der Waals surface area (Å²) in [4.78, 5) is 8.17. The van der Waals surface area contributed by atoms with Gasteiger partial charge in [0.2, 0.25) is 5.95 Å². The second kappa shape index (κ2) is 9.52. The molecule has 0 radical (unpaired) electrons. The van der Waals surface area contributed by atoms with Gasteiger partial charge in [-0.3, -0.25) is 0 Å². The largest absolute Gasteiger partial charge is 0.347 e. The first-order valence-corrected chi connectivity index (χ1v) is 8.03. The van der Waals surface area contributed by atoms with Crippen LogP contribution < -0.4 is 5.32 Å². The van der Waals surface area contributed by atoms with Crippen molar-refractivity contribution in [2.24, 2.45) is 0 Å². The minimum Gasteiger partial charge on any atom is -0.347 e. The van der Waals surface area contributed by atoms with Gasteiger partial charge in [-0.05, 0) is 36.1 Å². The summed E-state index contributed by atoms with van der Waals surface area (Å²) < 4.78 is 13.1. The van der Waals surface area contributed by atoms with Crippen LogP contribution in [0.2, 0.25) is 0 Å². The predicted molar refractivity (Wildman–Crippen MR) is 90.5 cm³/mol. The number of hydrogen-bond acceptors (Lipinski definition) is 4. The zero-order valence-corrected chi connectivity index (χ0v) is 14.1. The van der Waals surface area contributed by atoms with Crippen LogP contribution >= 0.6 is 0 Å². The molecule has 4 nitrogen and oxygen atoms in total. The van der Waals surface area contributed by atoms with Crippen molar-refractivity contribution in [2.45, 2.75) is 46.6 Å². The molecule has 3 rings (SSSR count). The Morgan fingerprint density at radius 1 is 1.17 bits per heavy atom. The Kier molecular flexibility index (Phi) is 7.69. The number of anilines is 1. The summed E-state index contributed by atoms with van der Waals surface area (Å²) in [5, 5.41) is 11.9. The summed E-state index contributed by atoms with van der Waals surface area (Å²) >= 11 is 0. The number of nitrogens with zero attached hydrogens (tertiary/aromatic N) is 3. The lowest BCUT2D eigenvalue weighted by atomic mass is 10.1. The molecule has 5 heteroatoms. The molecule has 1 atom stereocenters. The van der Waals surface area contributed by atoms with E-state index in [1.165, 1.54) is 18.5 Å². The average molecular weight is 314 g/mol. The third kappa shape index (κ3) is 4.75. The van der Waals surface area contributed by atoms with Crippen molar-refractivity contribution in [1.29, 1.82) is 5.26 Å². The highest BCUT2D eigenvalue weighted by Crippen LogP contribution is 2.33. The number of hydrogen-bond donors (Lipinski definition) is 1. The Labute approximate surface area is 137 Å².